The molecule has 0 aliphatic heterocycles. The van der Waals surface area contributed by atoms with Crippen LogP contribution >= 0.6 is 11.3 Å². The predicted molar refractivity (Wildman–Crippen MR) is 141 cm³/mol. The molecule has 0 unspecified atom stereocenters. The highest BCUT2D eigenvalue weighted by atomic mass is 32.1. The molecule has 0 N–H and O–H groups in total. The molecule has 4 aromatic rings. The van der Waals surface area contributed by atoms with E-state index in [0.717, 1.165) is 17.0 Å². The SMILES string of the molecule is Cc1cc(C(=O)COC(=O)c2ccccc2C(=O)N(C)Cc2ccccc2)c(C)n1Cc1cccs1. The van der Waals surface area contributed by atoms with Gasteiger partial charge in [0.2, 0.25) is 5.78 Å². The number of thiophene rings is 1. The minimum absolute atomic E-state index is 0.137. The fourth-order valence-electron chi connectivity index (χ4n) is 4.15. The van der Waals surface area contributed by atoms with Crippen molar-refractivity contribution in [2.45, 2.75) is 26.9 Å². The second-order valence-electron chi connectivity index (χ2n) is 8.64. The molecule has 1 amide bonds. The Bertz CT molecular complexity index is 1370. The number of ether oxygens (including phenoxy) is 1. The Morgan fingerprint density at radius 1 is 0.889 bits per heavy atom. The van der Waals surface area contributed by atoms with Gasteiger partial charge in [-0.1, -0.05) is 48.5 Å². The van der Waals surface area contributed by atoms with Gasteiger partial charge in [0.1, 0.15) is 0 Å². The van der Waals surface area contributed by atoms with Gasteiger partial charge in [-0.3, -0.25) is 9.59 Å². The van der Waals surface area contributed by atoms with E-state index < -0.39 is 12.6 Å². The third-order valence-electron chi connectivity index (χ3n) is 6.09. The van der Waals surface area contributed by atoms with Crippen LogP contribution in [0.5, 0.6) is 0 Å². The Morgan fingerprint density at radius 2 is 1.58 bits per heavy atom. The summed E-state index contributed by atoms with van der Waals surface area (Å²) in [6.45, 7) is 4.55. The highest BCUT2D eigenvalue weighted by Crippen LogP contribution is 2.20. The van der Waals surface area contributed by atoms with E-state index >= 15 is 0 Å². The largest absolute Gasteiger partial charge is 0.454 e. The Labute approximate surface area is 214 Å². The lowest BCUT2D eigenvalue weighted by Crippen LogP contribution is -2.28. The molecule has 2 aromatic carbocycles. The maximum Gasteiger partial charge on any atom is 0.339 e. The number of aromatic nitrogens is 1. The Morgan fingerprint density at radius 3 is 2.28 bits per heavy atom. The summed E-state index contributed by atoms with van der Waals surface area (Å²) in [5.41, 5.74) is 3.69. The first-order valence-corrected chi connectivity index (χ1v) is 12.5. The molecule has 6 nitrogen and oxygen atoms in total. The second-order valence-corrected chi connectivity index (χ2v) is 9.67. The molecule has 0 radical (unpaired) electrons. The number of rotatable bonds is 9. The first-order chi connectivity index (χ1) is 17.3. The summed E-state index contributed by atoms with van der Waals surface area (Å²) in [5.74, 6) is -1.28. The third-order valence-corrected chi connectivity index (χ3v) is 6.95. The molecule has 0 bridgehead atoms. The summed E-state index contributed by atoms with van der Waals surface area (Å²) in [6, 6.07) is 22.0. The van der Waals surface area contributed by atoms with E-state index in [-0.39, 0.29) is 22.8 Å². The van der Waals surface area contributed by atoms with Crippen LogP contribution in [-0.2, 0) is 17.8 Å². The van der Waals surface area contributed by atoms with E-state index in [0.29, 0.717) is 18.7 Å². The van der Waals surface area contributed by atoms with Crippen LogP contribution in [0.15, 0.2) is 78.2 Å². The summed E-state index contributed by atoms with van der Waals surface area (Å²) < 4.78 is 7.46. The molecule has 0 fully saturated rings. The molecule has 0 aliphatic carbocycles. The van der Waals surface area contributed by atoms with Crippen molar-refractivity contribution in [2.24, 2.45) is 0 Å². The Hall–Kier alpha value is -3.97. The summed E-state index contributed by atoms with van der Waals surface area (Å²) in [7, 11) is 1.69. The van der Waals surface area contributed by atoms with Crippen LogP contribution in [0.3, 0.4) is 0 Å². The van der Waals surface area contributed by atoms with Crippen molar-refractivity contribution in [1.82, 2.24) is 9.47 Å². The molecule has 4 rings (SSSR count). The number of hydrogen-bond donors (Lipinski definition) is 0. The number of Topliss-reactive ketones (excluding diaryl/α,β-unsaturated/α-hetero) is 1. The number of amides is 1. The van der Waals surface area contributed by atoms with E-state index in [9.17, 15) is 14.4 Å². The van der Waals surface area contributed by atoms with Crippen LogP contribution in [0, 0.1) is 13.8 Å². The molecule has 0 aliphatic rings. The minimum Gasteiger partial charge on any atom is -0.454 e. The molecular weight excluding hydrogens is 472 g/mol. The standard InChI is InChI=1S/C29H28N2O4S/c1-20-16-26(21(2)31(20)18-23-12-9-15-36-23)27(32)19-35-29(34)25-14-8-7-13-24(25)28(33)30(3)17-22-10-5-4-6-11-22/h4-16H,17-19H2,1-3H3. The minimum atomic E-state index is -0.701. The molecule has 0 saturated heterocycles. The molecule has 2 aromatic heterocycles. The Balaban J connectivity index is 1.44. The number of nitrogens with zero attached hydrogens (tertiary/aromatic N) is 2. The van der Waals surface area contributed by atoms with Crippen LogP contribution in [0.25, 0.3) is 0 Å². The predicted octanol–water partition coefficient (Wildman–Crippen LogP) is 5.53. The number of aryl methyl sites for hydroxylation is 1. The number of carbonyl (C=O) groups is 3. The van der Waals surface area contributed by atoms with Crippen molar-refractivity contribution in [3.8, 4) is 0 Å². The normalized spacial score (nSPS) is 10.8. The zero-order valence-corrected chi connectivity index (χ0v) is 21.4. The molecule has 7 heteroatoms. The van der Waals surface area contributed by atoms with E-state index in [4.69, 9.17) is 4.74 Å². The first-order valence-electron chi connectivity index (χ1n) is 11.6. The van der Waals surface area contributed by atoms with Gasteiger partial charge in [0.15, 0.2) is 6.61 Å². The fraction of sp³-hybridized carbons (Fsp3) is 0.207. The van der Waals surface area contributed by atoms with Crippen molar-refractivity contribution in [1.29, 1.82) is 0 Å². The maximum atomic E-state index is 13.1. The van der Waals surface area contributed by atoms with E-state index in [1.54, 1.807) is 47.5 Å². The highest BCUT2D eigenvalue weighted by Gasteiger charge is 2.23. The van der Waals surface area contributed by atoms with Gasteiger partial charge >= 0.3 is 5.97 Å². The van der Waals surface area contributed by atoms with Crippen LogP contribution < -0.4 is 0 Å². The van der Waals surface area contributed by atoms with E-state index in [2.05, 4.69) is 10.6 Å². The first kappa shape index (κ1) is 25.1. The third kappa shape index (κ3) is 5.63. The second kappa shape index (κ2) is 11.2. The Kier molecular flexibility index (Phi) is 7.80. The van der Waals surface area contributed by atoms with Gasteiger partial charge in [0.25, 0.3) is 5.91 Å². The van der Waals surface area contributed by atoms with E-state index in [1.165, 1.54) is 4.88 Å². The van der Waals surface area contributed by atoms with Gasteiger partial charge in [0, 0.05) is 35.4 Å². The van der Waals surface area contributed by atoms with Gasteiger partial charge in [-0.25, -0.2) is 4.79 Å². The molecule has 0 saturated carbocycles. The van der Waals surface area contributed by atoms with Crippen molar-refractivity contribution in [2.75, 3.05) is 13.7 Å². The highest BCUT2D eigenvalue weighted by molar-refractivity contribution is 7.09. The van der Waals surface area contributed by atoms with Crippen LogP contribution in [0.2, 0.25) is 0 Å². The molecule has 2 heterocycles. The number of hydrogen-bond acceptors (Lipinski definition) is 5. The summed E-state index contributed by atoms with van der Waals surface area (Å²) in [6.07, 6.45) is 0. The lowest BCUT2D eigenvalue weighted by Gasteiger charge is -2.19. The number of ketones is 1. The number of benzene rings is 2. The van der Waals surface area contributed by atoms with Crippen molar-refractivity contribution < 1.29 is 19.1 Å². The van der Waals surface area contributed by atoms with Crippen LogP contribution in [0.4, 0.5) is 0 Å². The number of esters is 1. The molecular formula is C29H28N2O4S. The fourth-order valence-corrected chi connectivity index (χ4v) is 4.85. The van der Waals surface area contributed by atoms with Crippen LogP contribution in [0.1, 0.15) is 52.9 Å². The number of carbonyl (C=O) groups excluding carboxylic acids is 3. The summed E-state index contributed by atoms with van der Waals surface area (Å²) in [4.78, 5) is 41.7. The summed E-state index contributed by atoms with van der Waals surface area (Å²) in [5, 5.41) is 2.02. The summed E-state index contributed by atoms with van der Waals surface area (Å²) >= 11 is 1.66. The van der Waals surface area contributed by atoms with Gasteiger partial charge < -0.3 is 14.2 Å². The molecule has 0 atom stereocenters. The lowest BCUT2D eigenvalue weighted by molar-refractivity contribution is 0.0470. The van der Waals surface area contributed by atoms with E-state index in [1.807, 2.05) is 61.7 Å². The average Bonchev–Trinajstić information content (AvgIpc) is 3.51. The lowest BCUT2D eigenvalue weighted by atomic mass is 10.1. The molecule has 36 heavy (non-hydrogen) atoms. The maximum absolute atomic E-state index is 13.1. The quantitative estimate of drug-likeness (QED) is 0.224. The molecule has 0 spiro atoms. The topological polar surface area (TPSA) is 68.6 Å². The monoisotopic (exact) mass is 500 g/mol. The zero-order valence-electron chi connectivity index (χ0n) is 20.6. The van der Waals surface area contributed by atoms with Crippen LogP contribution in [-0.4, -0.2) is 40.8 Å². The smallest absolute Gasteiger partial charge is 0.339 e. The van der Waals surface area contributed by atoms with Gasteiger partial charge in [-0.15, -0.1) is 11.3 Å². The van der Waals surface area contributed by atoms with Gasteiger partial charge in [0.05, 0.1) is 17.7 Å². The molecule has 184 valence electrons. The van der Waals surface area contributed by atoms with Crippen molar-refractivity contribution in [3.05, 3.63) is 117 Å². The average molecular weight is 501 g/mol. The zero-order chi connectivity index (χ0) is 25.7. The van der Waals surface area contributed by atoms with Crippen molar-refractivity contribution >= 4 is 29.0 Å². The van der Waals surface area contributed by atoms with Gasteiger partial charge in [-0.2, -0.15) is 0 Å². The van der Waals surface area contributed by atoms with Crippen molar-refractivity contribution in [3.63, 3.8) is 0 Å². The van der Waals surface area contributed by atoms with Gasteiger partial charge in [-0.05, 0) is 49.1 Å².